The highest BCUT2D eigenvalue weighted by Gasteiger charge is 2.21. The van der Waals surface area contributed by atoms with Crippen LogP contribution >= 0.6 is 11.6 Å². The van der Waals surface area contributed by atoms with E-state index in [1.54, 1.807) is 31.2 Å². The molecule has 31 heavy (non-hydrogen) atoms. The minimum absolute atomic E-state index is 0.000494. The maximum atomic E-state index is 13.1. The second-order valence-electron chi connectivity index (χ2n) is 7.30. The maximum absolute atomic E-state index is 13.1. The topological polar surface area (TPSA) is 75.3 Å². The van der Waals surface area contributed by atoms with Crippen molar-refractivity contribution in [1.29, 1.82) is 0 Å². The van der Waals surface area contributed by atoms with E-state index in [4.69, 9.17) is 11.6 Å². The summed E-state index contributed by atoms with van der Waals surface area (Å²) in [6, 6.07) is 14.6. The van der Waals surface area contributed by atoms with Gasteiger partial charge in [-0.3, -0.25) is 9.52 Å². The predicted molar refractivity (Wildman–Crippen MR) is 120 cm³/mol. The van der Waals surface area contributed by atoms with Crippen molar-refractivity contribution in [1.82, 2.24) is 5.32 Å². The van der Waals surface area contributed by atoms with E-state index >= 15 is 0 Å². The molecule has 3 aromatic carbocycles. The average Bonchev–Trinajstić information content (AvgIpc) is 2.71. The average molecular weight is 461 g/mol. The zero-order valence-electron chi connectivity index (χ0n) is 17.2. The summed E-state index contributed by atoms with van der Waals surface area (Å²) in [6.45, 7) is 5.56. The molecule has 0 radical (unpaired) electrons. The van der Waals surface area contributed by atoms with Crippen LogP contribution in [0.15, 0.2) is 65.6 Å². The van der Waals surface area contributed by atoms with Gasteiger partial charge in [0.05, 0.1) is 11.1 Å². The van der Waals surface area contributed by atoms with E-state index in [2.05, 4.69) is 10.0 Å². The summed E-state index contributed by atoms with van der Waals surface area (Å²) >= 11 is 6.14. The van der Waals surface area contributed by atoms with E-state index in [9.17, 15) is 17.6 Å². The van der Waals surface area contributed by atoms with E-state index < -0.39 is 22.0 Å². The zero-order chi connectivity index (χ0) is 22.8. The van der Waals surface area contributed by atoms with Crippen molar-refractivity contribution in [3.05, 3.63) is 93.8 Å². The fraction of sp³-hybridized carbons (Fsp3) is 0.174. The summed E-state index contributed by atoms with van der Waals surface area (Å²) in [5.74, 6) is -0.845. The van der Waals surface area contributed by atoms with Crippen molar-refractivity contribution in [2.45, 2.75) is 31.7 Å². The van der Waals surface area contributed by atoms with Crippen LogP contribution in [0.3, 0.4) is 0 Å². The summed E-state index contributed by atoms with van der Waals surface area (Å²) in [7, 11) is -4.02. The Kier molecular flexibility index (Phi) is 6.67. The molecule has 3 aromatic rings. The summed E-state index contributed by atoms with van der Waals surface area (Å²) < 4.78 is 41.4. The van der Waals surface area contributed by atoms with Gasteiger partial charge in [-0.15, -0.1) is 0 Å². The molecule has 0 unspecified atom stereocenters. The van der Waals surface area contributed by atoms with Gasteiger partial charge in [0, 0.05) is 11.3 Å². The lowest BCUT2D eigenvalue weighted by molar-refractivity contribution is 0.0939. The monoisotopic (exact) mass is 460 g/mol. The van der Waals surface area contributed by atoms with Crippen LogP contribution in [-0.4, -0.2) is 14.3 Å². The number of carbonyl (C=O) groups excluding carboxylic acids is 1. The van der Waals surface area contributed by atoms with Crippen molar-refractivity contribution >= 4 is 33.2 Å². The van der Waals surface area contributed by atoms with E-state index in [0.29, 0.717) is 11.3 Å². The molecule has 0 spiro atoms. The number of hydrogen-bond acceptors (Lipinski definition) is 3. The highest BCUT2D eigenvalue weighted by molar-refractivity contribution is 7.92. The van der Waals surface area contributed by atoms with Gasteiger partial charge < -0.3 is 5.32 Å². The molecule has 5 nitrogen and oxygen atoms in total. The Hall–Kier alpha value is -2.90. The zero-order valence-corrected chi connectivity index (χ0v) is 18.8. The number of benzene rings is 3. The Balaban J connectivity index is 1.83. The number of amides is 1. The molecule has 0 aromatic heterocycles. The van der Waals surface area contributed by atoms with Crippen LogP contribution < -0.4 is 10.0 Å². The lowest BCUT2D eigenvalue weighted by Gasteiger charge is -2.16. The summed E-state index contributed by atoms with van der Waals surface area (Å²) in [4.78, 5) is 12.5. The van der Waals surface area contributed by atoms with Gasteiger partial charge in [0.25, 0.3) is 15.9 Å². The van der Waals surface area contributed by atoms with Crippen molar-refractivity contribution in [3.63, 3.8) is 0 Å². The van der Waals surface area contributed by atoms with Gasteiger partial charge in [0.15, 0.2) is 0 Å². The standard InChI is InChI=1S/C23H22ClFN2O3S/c1-14-4-10-20(12-15(14)2)27-31(29,30)22-13-18(7-11-21(22)24)23(28)26-16(3)17-5-8-19(25)9-6-17/h4-13,16,27H,1-3H3,(H,26,28)/t16-/m1/s1. The molecular weight excluding hydrogens is 439 g/mol. The lowest BCUT2D eigenvalue weighted by atomic mass is 10.1. The Morgan fingerprint density at radius 2 is 1.65 bits per heavy atom. The molecule has 0 aliphatic rings. The summed E-state index contributed by atoms with van der Waals surface area (Å²) in [5.41, 5.74) is 3.23. The van der Waals surface area contributed by atoms with Crippen LogP contribution in [0, 0.1) is 19.7 Å². The molecule has 0 aliphatic heterocycles. The maximum Gasteiger partial charge on any atom is 0.263 e. The first-order valence-electron chi connectivity index (χ1n) is 9.53. The second kappa shape index (κ2) is 9.08. The minimum Gasteiger partial charge on any atom is -0.346 e. The lowest BCUT2D eigenvalue weighted by Crippen LogP contribution is -2.27. The number of halogens is 2. The molecule has 0 saturated carbocycles. The number of sulfonamides is 1. The molecule has 0 saturated heterocycles. The number of aryl methyl sites for hydroxylation is 2. The third-order valence-electron chi connectivity index (χ3n) is 4.96. The third-order valence-corrected chi connectivity index (χ3v) is 6.82. The van der Waals surface area contributed by atoms with Gasteiger partial charge in [-0.05, 0) is 79.9 Å². The van der Waals surface area contributed by atoms with Crippen LogP contribution in [-0.2, 0) is 10.0 Å². The van der Waals surface area contributed by atoms with E-state index in [1.807, 2.05) is 19.9 Å². The molecule has 0 heterocycles. The first-order valence-corrected chi connectivity index (χ1v) is 11.4. The summed E-state index contributed by atoms with van der Waals surface area (Å²) in [6.07, 6.45) is 0. The minimum atomic E-state index is -4.02. The molecule has 1 amide bonds. The second-order valence-corrected chi connectivity index (χ2v) is 9.35. The van der Waals surface area contributed by atoms with Gasteiger partial charge in [-0.2, -0.15) is 0 Å². The molecule has 1 atom stereocenters. The SMILES string of the molecule is Cc1ccc(NS(=O)(=O)c2cc(C(=O)N[C@H](C)c3ccc(F)cc3)ccc2Cl)cc1C. The predicted octanol–water partition coefficient (Wildman–Crippen LogP) is 5.39. The smallest absolute Gasteiger partial charge is 0.263 e. The fourth-order valence-electron chi connectivity index (χ4n) is 2.98. The van der Waals surface area contributed by atoms with Crippen molar-refractivity contribution in [2.24, 2.45) is 0 Å². The summed E-state index contributed by atoms with van der Waals surface area (Å²) in [5, 5.41) is 2.77. The fourth-order valence-corrected chi connectivity index (χ4v) is 4.56. The molecule has 2 N–H and O–H groups in total. The highest BCUT2D eigenvalue weighted by Crippen LogP contribution is 2.26. The number of rotatable bonds is 6. The van der Waals surface area contributed by atoms with Crippen LogP contribution in [0.2, 0.25) is 5.02 Å². The third kappa shape index (κ3) is 5.42. The van der Waals surface area contributed by atoms with Gasteiger partial charge in [0.2, 0.25) is 0 Å². The van der Waals surface area contributed by atoms with Crippen molar-refractivity contribution < 1.29 is 17.6 Å². The normalized spacial score (nSPS) is 12.3. The molecule has 0 aliphatic carbocycles. The number of anilines is 1. The largest absolute Gasteiger partial charge is 0.346 e. The number of hydrogen-bond donors (Lipinski definition) is 2. The van der Waals surface area contributed by atoms with Crippen LogP contribution in [0.5, 0.6) is 0 Å². The first kappa shape index (κ1) is 22.8. The quantitative estimate of drug-likeness (QED) is 0.518. The first-order chi connectivity index (χ1) is 14.6. The van der Waals surface area contributed by atoms with Crippen LogP contribution in [0.25, 0.3) is 0 Å². The Morgan fingerprint density at radius 3 is 2.29 bits per heavy atom. The van der Waals surface area contributed by atoms with Crippen LogP contribution in [0.4, 0.5) is 10.1 Å². The molecule has 8 heteroatoms. The van der Waals surface area contributed by atoms with E-state index in [-0.39, 0.29) is 21.3 Å². The van der Waals surface area contributed by atoms with Gasteiger partial charge >= 0.3 is 0 Å². The molecule has 0 fully saturated rings. The van der Waals surface area contributed by atoms with Crippen molar-refractivity contribution in [3.8, 4) is 0 Å². The Morgan fingerprint density at radius 1 is 0.968 bits per heavy atom. The van der Waals surface area contributed by atoms with Crippen LogP contribution in [0.1, 0.15) is 40.0 Å². The van der Waals surface area contributed by atoms with Gasteiger partial charge in [-0.25, -0.2) is 12.8 Å². The Bertz CT molecular complexity index is 1230. The number of nitrogens with one attached hydrogen (secondary N) is 2. The van der Waals surface area contributed by atoms with Gasteiger partial charge in [0.1, 0.15) is 10.7 Å². The molecular formula is C23H22ClFN2O3S. The van der Waals surface area contributed by atoms with Gasteiger partial charge in [-0.1, -0.05) is 29.8 Å². The molecule has 0 bridgehead atoms. The van der Waals surface area contributed by atoms with E-state index in [0.717, 1.165) is 11.1 Å². The number of carbonyl (C=O) groups is 1. The van der Waals surface area contributed by atoms with E-state index in [1.165, 1.54) is 30.3 Å². The van der Waals surface area contributed by atoms with Crippen molar-refractivity contribution in [2.75, 3.05) is 4.72 Å². The Labute approximate surface area is 186 Å². The highest BCUT2D eigenvalue weighted by atomic mass is 35.5. The molecule has 3 rings (SSSR count). The molecule has 162 valence electrons.